The number of hydrazone groups is 1. The second-order valence-corrected chi connectivity index (χ2v) is 7.91. The van der Waals surface area contributed by atoms with Gasteiger partial charge in [-0.1, -0.05) is 56.6 Å². The molecule has 6 heteroatoms. The highest BCUT2D eigenvalue weighted by Gasteiger charge is 2.25. The topological polar surface area (TPSA) is 70.6 Å². The Kier molecular flexibility index (Phi) is 6.15. The van der Waals surface area contributed by atoms with Gasteiger partial charge in [0.25, 0.3) is 0 Å². The molecule has 0 fully saturated rings. The zero-order chi connectivity index (χ0) is 20.3. The van der Waals surface area contributed by atoms with E-state index >= 15 is 0 Å². The molecule has 1 aliphatic heterocycles. The number of hydrogen-bond acceptors (Lipinski definition) is 3. The third kappa shape index (κ3) is 4.60. The average molecular weight is 398 g/mol. The van der Waals surface area contributed by atoms with E-state index in [0.29, 0.717) is 11.4 Å². The number of carbonyl (C=O) groups is 2. The van der Waals surface area contributed by atoms with Gasteiger partial charge in [0.1, 0.15) is 0 Å². The van der Waals surface area contributed by atoms with Crippen LogP contribution >= 0.6 is 11.6 Å². The molecule has 0 bridgehead atoms. The zero-order valence-corrected chi connectivity index (χ0v) is 17.0. The van der Waals surface area contributed by atoms with E-state index in [4.69, 9.17) is 11.6 Å². The Morgan fingerprint density at radius 1 is 1.14 bits per heavy atom. The molecule has 2 unspecified atom stereocenters. The lowest BCUT2D eigenvalue weighted by Gasteiger charge is -2.21. The number of carbonyl (C=O) groups excluding carboxylic acids is 2. The summed E-state index contributed by atoms with van der Waals surface area (Å²) in [4.78, 5) is 24.3. The molecule has 3 rings (SSSR count). The second-order valence-electron chi connectivity index (χ2n) is 7.48. The van der Waals surface area contributed by atoms with Crippen molar-refractivity contribution in [2.24, 2.45) is 16.9 Å². The van der Waals surface area contributed by atoms with Gasteiger partial charge in [0.15, 0.2) is 0 Å². The molecule has 1 heterocycles. The van der Waals surface area contributed by atoms with Crippen LogP contribution in [0.3, 0.4) is 0 Å². The summed E-state index contributed by atoms with van der Waals surface area (Å²) in [6.07, 6.45) is 0.425. The summed E-state index contributed by atoms with van der Waals surface area (Å²) in [5, 5.41) is 7.82. The van der Waals surface area contributed by atoms with Gasteiger partial charge in [-0.15, -0.1) is 0 Å². The Labute approximate surface area is 170 Å². The van der Waals surface area contributed by atoms with E-state index in [0.717, 1.165) is 22.5 Å². The molecule has 1 aliphatic rings. The molecule has 2 N–H and O–H groups in total. The van der Waals surface area contributed by atoms with Gasteiger partial charge in [-0.05, 0) is 41.3 Å². The molecular weight excluding hydrogens is 374 g/mol. The van der Waals surface area contributed by atoms with Crippen LogP contribution < -0.4 is 10.7 Å². The molecule has 0 radical (unpaired) electrons. The second kappa shape index (κ2) is 8.57. The van der Waals surface area contributed by atoms with Crippen molar-refractivity contribution in [2.45, 2.75) is 33.1 Å². The lowest BCUT2D eigenvalue weighted by Crippen LogP contribution is -2.31. The van der Waals surface area contributed by atoms with Crippen molar-refractivity contribution in [3.63, 3.8) is 0 Å². The summed E-state index contributed by atoms with van der Waals surface area (Å²) in [6.45, 7) is 6.03. The average Bonchev–Trinajstić information content (AvgIpc) is 2.64. The van der Waals surface area contributed by atoms with Gasteiger partial charge < -0.3 is 5.32 Å². The van der Waals surface area contributed by atoms with Crippen LogP contribution in [0.4, 0.5) is 5.69 Å². The Balaban J connectivity index is 1.74. The normalized spacial score (nSPS) is 17.7. The molecule has 0 saturated carbocycles. The fourth-order valence-corrected chi connectivity index (χ4v) is 3.58. The number of nitrogens with one attached hydrogen (secondary N) is 2. The molecule has 0 aromatic heterocycles. The smallest absolute Gasteiger partial charge is 0.240 e. The Hall–Kier alpha value is -2.66. The largest absolute Gasteiger partial charge is 0.326 e. The number of hydrogen-bond donors (Lipinski definition) is 2. The van der Waals surface area contributed by atoms with Gasteiger partial charge >= 0.3 is 0 Å². The third-order valence-corrected chi connectivity index (χ3v) is 5.14. The molecule has 5 nitrogen and oxygen atoms in total. The number of amides is 2. The molecule has 0 spiro atoms. The van der Waals surface area contributed by atoms with Crippen LogP contribution in [-0.2, 0) is 9.59 Å². The minimum atomic E-state index is -0.269. The lowest BCUT2D eigenvalue weighted by molar-refractivity contribution is -0.122. The third-order valence-electron chi connectivity index (χ3n) is 4.89. The predicted octanol–water partition coefficient (Wildman–Crippen LogP) is 4.58. The van der Waals surface area contributed by atoms with Crippen molar-refractivity contribution in [3.8, 4) is 0 Å². The quantitative estimate of drug-likeness (QED) is 0.775. The monoisotopic (exact) mass is 397 g/mol. The molecule has 0 saturated heterocycles. The fourth-order valence-electron chi connectivity index (χ4n) is 3.46. The van der Waals surface area contributed by atoms with E-state index in [1.54, 1.807) is 12.1 Å². The van der Waals surface area contributed by atoms with Crippen LogP contribution in [0, 0.1) is 11.8 Å². The first-order valence-electron chi connectivity index (χ1n) is 9.38. The van der Waals surface area contributed by atoms with E-state index in [9.17, 15) is 9.59 Å². The standard InChI is InChI=1S/C22H24ClN3O2/c1-13(2)20(15-4-8-17(23)9-5-15)22(28)24-18-10-6-16(7-11-18)21-14(3)12-19(27)25-26-21/h4-11,13-14,20H,12H2,1-3H3,(H,24,28)(H,25,27). The Morgan fingerprint density at radius 3 is 2.36 bits per heavy atom. The summed E-state index contributed by atoms with van der Waals surface area (Å²) >= 11 is 5.97. The highest BCUT2D eigenvalue weighted by atomic mass is 35.5. The molecule has 2 aromatic carbocycles. The van der Waals surface area contributed by atoms with Gasteiger partial charge in [-0.2, -0.15) is 5.10 Å². The summed E-state index contributed by atoms with van der Waals surface area (Å²) in [6, 6.07) is 14.9. The lowest BCUT2D eigenvalue weighted by atomic mass is 9.87. The van der Waals surface area contributed by atoms with E-state index in [1.165, 1.54) is 0 Å². The van der Waals surface area contributed by atoms with Crippen LogP contribution in [0.1, 0.15) is 44.2 Å². The van der Waals surface area contributed by atoms with Crippen molar-refractivity contribution in [1.82, 2.24) is 5.43 Å². The van der Waals surface area contributed by atoms with Crippen LogP contribution in [0.2, 0.25) is 5.02 Å². The van der Waals surface area contributed by atoms with E-state index < -0.39 is 0 Å². The van der Waals surface area contributed by atoms with Crippen molar-refractivity contribution in [2.75, 3.05) is 5.32 Å². The number of halogens is 1. The van der Waals surface area contributed by atoms with E-state index in [-0.39, 0.29) is 29.6 Å². The van der Waals surface area contributed by atoms with Crippen LogP contribution in [0.5, 0.6) is 0 Å². The first-order chi connectivity index (χ1) is 13.3. The zero-order valence-electron chi connectivity index (χ0n) is 16.2. The maximum Gasteiger partial charge on any atom is 0.240 e. The maximum atomic E-state index is 12.9. The first-order valence-corrected chi connectivity index (χ1v) is 9.76. The first kappa shape index (κ1) is 20.1. The Morgan fingerprint density at radius 2 is 1.79 bits per heavy atom. The van der Waals surface area contributed by atoms with Gasteiger partial charge in [0.05, 0.1) is 11.6 Å². The minimum Gasteiger partial charge on any atom is -0.326 e. The fraction of sp³-hybridized carbons (Fsp3) is 0.318. The Bertz CT molecular complexity index is 889. The van der Waals surface area contributed by atoms with E-state index in [2.05, 4.69) is 15.8 Å². The summed E-state index contributed by atoms with van der Waals surface area (Å²) < 4.78 is 0. The number of rotatable bonds is 5. The maximum absolute atomic E-state index is 12.9. The number of anilines is 1. The SMILES string of the molecule is CC1CC(=O)NN=C1c1ccc(NC(=O)C(c2ccc(Cl)cc2)C(C)C)cc1. The van der Waals surface area contributed by atoms with Crippen molar-refractivity contribution >= 4 is 34.8 Å². The molecule has 2 aromatic rings. The molecule has 0 aliphatic carbocycles. The van der Waals surface area contributed by atoms with Crippen molar-refractivity contribution in [3.05, 3.63) is 64.7 Å². The highest BCUT2D eigenvalue weighted by Crippen LogP contribution is 2.27. The summed E-state index contributed by atoms with van der Waals surface area (Å²) in [7, 11) is 0. The van der Waals surface area contributed by atoms with E-state index in [1.807, 2.05) is 57.2 Å². The summed E-state index contributed by atoms with van der Waals surface area (Å²) in [5.74, 6) is -0.191. The molecule has 146 valence electrons. The van der Waals surface area contributed by atoms with Crippen LogP contribution in [0.15, 0.2) is 53.6 Å². The summed E-state index contributed by atoms with van der Waals surface area (Å²) in [5.41, 5.74) is 5.97. The molecule has 28 heavy (non-hydrogen) atoms. The number of nitrogens with zero attached hydrogens (tertiary/aromatic N) is 1. The van der Waals surface area contributed by atoms with Crippen LogP contribution in [-0.4, -0.2) is 17.5 Å². The van der Waals surface area contributed by atoms with Crippen LogP contribution in [0.25, 0.3) is 0 Å². The minimum absolute atomic E-state index is 0.0549. The number of benzene rings is 2. The molecule has 2 amide bonds. The van der Waals surface area contributed by atoms with Gasteiger partial charge in [0, 0.05) is 23.0 Å². The molecular formula is C22H24ClN3O2. The highest BCUT2D eigenvalue weighted by molar-refractivity contribution is 6.30. The predicted molar refractivity (Wildman–Crippen MR) is 113 cm³/mol. The van der Waals surface area contributed by atoms with Crippen molar-refractivity contribution in [1.29, 1.82) is 0 Å². The molecule has 2 atom stereocenters. The van der Waals surface area contributed by atoms with Crippen molar-refractivity contribution < 1.29 is 9.59 Å². The van der Waals surface area contributed by atoms with Gasteiger partial charge in [0.2, 0.25) is 11.8 Å². The van der Waals surface area contributed by atoms with Gasteiger partial charge in [-0.25, -0.2) is 5.43 Å². The van der Waals surface area contributed by atoms with Gasteiger partial charge in [-0.3, -0.25) is 9.59 Å².